The number of benzene rings is 2. The lowest BCUT2D eigenvalue weighted by atomic mass is 10.1. The van der Waals surface area contributed by atoms with Gasteiger partial charge in [-0.1, -0.05) is 35.9 Å². The van der Waals surface area contributed by atoms with Gasteiger partial charge in [0.25, 0.3) is 17.1 Å². The number of hydrogen-bond acceptors (Lipinski definition) is 5. The molecule has 2 aromatic carbocycles. The number of ether oxygens (including phenoxy) is 1. The quantitative estimate of drug-likeness (QED) is 0.599. The van der Waals surface area contributed by atoms with E-state index in [-0.39, 0.29) is 35.8 Å². The number of morpholine rings is 1. The van der Waals surface area contributed by atoms with E-state index in [1.165, 1.54) is 4.90 Å². The largest absolute Gasteiger partial charge is 0.372 e. The highest BCUT2D eigenvalue weighted by Gasteiger charge is 2.35. The summed E-state index contributed by atoms with van der Waals surface area (Å²) in [5, 5.41) is 0.222. The van der Waals surface area contributed by atoms with Crippen molar-refractivity contribution in [3.05, 3.63) is 75.1 Å². The monoisotopic (exact) mass is 470 g/mol. The van der Waals surface area contributed by atoms with Gasteiger partial charge < -0.3 is 9.64 Å². The Kier molecular flexibility index (Phi) is 6.69. The number of imide groups is 1. The molecule has 2 saturated heterocycles. The predicted octanol–water partition coefficient (Wildman–Crippen LogP) is 4.83. The second-order valence-electron chi connectivity index (χ2n) is 7.99. The molecule has 2 fully saturated rings. The summed E-state index contributed by atoms with van der Waals surface area (Å²) in [5.74, 6) is -0.427. The Balaban J connectivity index is 1.51. The maximum Gasteiger partial charge on any atom is 0.293 e. The zero-order valence-electron chi connectivity index (χ0n) is 17.8. The third-order valence-corrected chi connectivity index (χ3v) is 6.38. The van der Waals surface area contributed by atoms with E-state index in [0.717, 1.165) is 17.3 Å². The molecule has 2 aliphatic rings. The molecular formula is C24H23ClN2O4S. The molecule has 6 nitrogen and oxygen atoms in total. The van der Waals surface area contributed by atoms with Crippen molar-refractivity contribution in [2.45, 2.75) is 32.6 Å². The number of halogens is 1. The van der Waals surface area contributed by atoms with Crippen molar-refractivity contribution in [2.75, 3.05) is 13.1 Å². The summed E-state index contributed by atoms with van der Waals surface area (Å²) >= 11 is 6.91. The van der Waals surface area contributed by atoms with Gasteiger partial charge in [0, 0.05) is 23.7 Å². The SMILES string of the molecule is CC1CN(C(=O)c2cccc(C=C3SC(=O)N(Cc4cccc(Cl)c4)C3=O)c2)CC(C)O1. The molecule has 32 heavy (non-hydrogen) atoms. The minimum absolute atomic E-state index is 0.0167. The third-order valence-electron chi connectivity index (χ3n) is 5.24. The van der Waals surface area contributed by atoms with Crippen LogP contribution < -0.4 is 0 Å². The van der Waals surface area contributed by atoms with Crippen LogP contribution in [-0.4, -0.2) is 52.2 Å². The van der Waals surface area contributed by atoms with Gasteiger partial charge in [0.1, 0.15) is 0 Å². The minimum Gasteiger partial charge on any atom is -0.372 e. The van der Waals surface area contributed by atoms with Gasteiger partial charge in [-0.15, -0.1) is 0 Å². The van der Waals surface area contributed by atoms with Gasteiger partial charge in [-0.25, -0.2) is 0 Å². The first-order valence-corrected chi connectivity index (χ1v) is 11.5. The fourth-order valence-corrected chi connectivity index (χ4v) is 4.94. The summed E-state index contributed by atoms with van der Waals surface area (Å²) < 4.78 is 5.71. The number of carbonyl (C=O) groups is 3. The Bertz CT molecular complexity index is 1090. The maximum absolute atomic E-state index is 13.0. The van der Waals surface area contributed by atoms with Crippen LogP contribution in [0.1, 0.15) is 35.3 Å². The molecule has 4 rings (SSSR count). The highest BCUT2D eigenvalue weighted by atomic mass is 35.5. The van der Waals surface area contributed by atoms with Crippen LogP contribution in [0.3, 0.4) is 0 Å². The normalized spacial score (nSPS) is 22.7. The van der Waals surface area contributed by atoms with Crippen molar-refractivity contribution in [1.29, 1.82) is 0 Å². The molecular weight excluding hydrogens is 448 g/mol. The first-order chi connectivity index (χ1) is 15.3. The molecule has 3 amide bonds. The number of carbonyl (C=O) groups excluding carboxylic acids is 3. The van der Waals surface area contributed by atoms with Gasteiger partial charge in [0.15, 0.2) is 0 Å². The van der Waals surface area contributed by atoms with E-state index in [2.05, 4.69) is 0 Å². The first-order valence-electron chi connectivity index (χ1n) is 10.3. The van der Waals surface area contributed by atoms with E-state index >= 15 is 0 Å². The molecule has 0 radical (unpaired) electrons. The van der Waals surface area contributed by atoms with Gasteiger partial charge >= 0.3 is 0 Å². The second kappa shape index (κ2) is 9.48. The van der Waals surface area contributed by atoms with Crippen LogP contribution in [0.15, 0.2) is 53.4 Å². The lowest BCUT2D eigenvalue weighted by Gasteiger charge is -2.35. The topological polar surface area (TPSA) is 66.9 Å². The number of hydrogen-bond donors (Lipinski definition) is 0. The van der Waals surface area contributed by atoms with Gasteiger partial charge in [-0.05, 0) is 67.1 Å². The molecule has 0 N–H and O–H groups in total. The number of rotatable bonds is 4. The number of thioether (sulfide) groups is 1. The highest BCUT2D eigenvalue weighted by molar-refractivity contribution is 8.18. The van der Waals surface area contributed by atoms with Crippen molar-refractivity contribution in [3.8, 4) is 0 Å². The Morgan fingerprint density at radius 3 is 2.56 bits per heavy atom. The molecule has 166 valence electrons. The molecule has 8 heteroatoms. The van der Waals surface area contributed by atoms with Gasteiger partial charge in [-0.3, -0.25) is 19.3 Å². The van der Waals surface area contributed by atoms with Crippen LogP contribution in [0.2, 0.25) is 5.02 Å². The number of amides is 3. The molecule has 2 atom stereocenters. The van der Waals surface area contributed by atoms with Crippen molar-refractivity contribution in [1.82, 2.24) is 9.80 Å². The Labute approximate surface area is 196 Å². The van der Waals surface area contributed by atoms with Crippen molar-refractivity contribution in [2.24, 2.45) is 0 Å². The zero-order chi connectivity index (χ0) is 22.8. The average Bonchev–Trinajstić information content (AvgIpc) is 3.00. The van der Waals surface area contributed by atoms with E-state index in [4.69, 9.17) is 16.3 Å². The second-order valence-corrected chi connectivity index (χ2v) is 9.42. The van der Waals surface area contributed by atoms with Crippen LogP contribution in [0.4, 0.5) is 4.79 Å². The Morgan fingerprint density at radius 1 is 1.12 bits per heavy atom. The molecule has 0 bridgehead atoms. The van der Waals surface area contributed by atoms with Crippen LogP contribution in [0, 0.1) is 0 Å². The fraction of sp³-hybridized carbons (Fsp3) is 0.292. The van der Waals surface area contributed by atoms with Gasteiger partial charge in [0.2, 0.25) is 0 Å². The van der Waals surface area contributed by atoms with E-state index in [0.29, 0.717) is 34.1 Å². The minimum atomic E-state index is -0.354. The maximum atomic E-state index is 13.0. The standard InChI is InChI=1S/C24H23ClN2O4S/c1-15-12-26(13-16(2)31-15)22(28)19-7-3-5-17(9-19)11-21-23(29)27(24(30)32-21)14-18-6-4-8-20(25)10-18/h3-11,15-16H,12-14H2,1-2H3. The fourth-order valence-electron chi connectivity index (χ4n) is 3.89. The lowest BCUT2D eigenvalue weighted by Crippen LogP contribution is -2.48. The van der Waals surface area contributed by atoms with Gasteiger partial charge in [0.05, 0.1) is 23.7 Å². The molecule has 0 aromatic heterocycles. The molecule has 2 heterocycles. The summed E-state index contributed by atoms with van der Waals surface area (Å²) in [6.45, 7) is 5.14. The van der Waals surface area contributed by atoms with Crippen LogP contribution in [-0.2, 0) is 16.1 Å². The van der Waals surface area contributed by atoms with E-state index < -0.39 is 0 Å². The molecule has 2 aromatic rings. The van der Waals surface area contributed by atoms with E-state index in [1.54, 1.807) is 47.4 Å². The average molecular weight is 471 g/mol. The third kappa shape index (κ3) is 5.06. The van der Waals surface area contributed by atoms with Crippen molar-refractivity contribution < 1.29 is 19.1 Å². The van der Waals surface area contributed by atoms with Crippen LogP contribution in [0.5, 0.6) is 0 Å². The highest BCUT2D eigenvalue weighted by Crippen LogP contribution is 2.33. The lowest BCUT2D eigenvalue weighted by molar-refractivity contribution is -0.123. The molecule has 2 aliphatic heterocycles. The molecule has 0 spiro atoms. The first kappa shape index (κ1) is 22.6. The summed E-state index contributed by atoms with van der Waals surface area (Å²) in [7, 11) is 0. The summed E-state index contributed by atoms with van der Waals surface area (Å²) in [5.41, 5.74) is 2.01. The Hall–Kier alpha value is -2.61. The summed E-state index contributed by atoms with van der Waals surface area (Å²) in [6, 6.07) is 14.2. The zero-order valence-corrected chi connectivity index (χ0v) is 19.4. The smallest absolute Gasteiger partial charge is 0.293 e. The molecule has 0 aliphatic carbocycles. The molecule has 2 unspecified atom stereocenters. The van der Waals surface area contributed by atoms with E-state index in [9.17, 15) is 14.4 Å². The van der Waals surface area contributed by atoms with E-state index in [1.807, 2.05) is 26.0 Å². The predicted molar refractivity (Wildman–Crippen MR) is 125 cm³/mol. The number of nitrogens with zero attached hydrogens (tertiary/aromatic N) is 2. The van der Waals surface area contributed by atoms with Crippen LogP contribution >= 0.6 is 23.4 Å². The van der Waals surface area contributed by atoms with Crippen molar-refractivity contribution >= 4 is 46.5 Å². The summed E-state index contributed by atoms with van der Waals surface area (Å²) in [4.78, 5) is 41.6. The van der Waals surface area contributed by atoms with Crippen LogP contribution in [0.25, 0.3) is 6.08 Å². The van der Waals surface area contributed by atoms with Crippen molar-refractivity contribution in [3.63, 3.8) is 0 Å². The summed E-state index contributed by atoms with van der Waals surface area (Å²) in [6.07, 6.45) is 1.62. The Morgan fingerprint density at radius 2 is 1.84 bits per heavy atom. The molecule has 0 saturated carbocycles. The van der Waals surface area contributed by atoms with Gasteiger partial charge in [-0.2, -0.15) is 0 Å².